The van der Waals surface area contributed by atoms with Crippen molar-refractivity contribution in [3.63, 3.8) is 0 Å². The van der Waals surface area contributed by atoms with Gasteiger partial charge in [-0.1, -0.05) is 32.4 Å². The molecule has 0 aromatic rings. The van der Waals surface area contributed by atoms with Crippen molar-refractivity contribution in [1.29, 1.82) is 0 Å². The number of Topliss-reactive ketones (excluding diaryl/α,β-unsaturated/α-hetero) is 3. The van der Waals surface area contributed by atoms with Crippen LogP contribution < -0.4 is 0 Å². The summed E-state index contributed by atoms with van der Waals surface area (Å²) < 4.78 is 15.4. The largest absolute Gasteiger partial charge is 0.381 e. The van der Waals surface area contributed by atoms with Gasteiger partial charge in [-0.3, -0.25) is 14.4 Å². The van der Waals surface area contributed by atoms with Crippen LogP contribution in [0.4, 0.5) is 4.39 Å². The van der Waals surface area contributed by atoms with Crippen LogP contribution in [-0.2, 0) is 14.4 Å². The standard InChI is InChI=1S/C24H33FO4/c1-13-9-18-16-12-20(25)19-11-15(27)5-7-22(19,3)17(16)6-8-23(18,4)24(13,29)21(28)10-14(2)26/h6,13,16,18-20,29H,5,7-12H2,1-4H3/t13?,16-,18+,19?,20?,22-,23+,24+/m1/s1. The lowest BCUT2D eigenvalue weighted by molar-refractivity contribution is -0.160. The number of ketones is 3. The molecule has 4 nitrogen and oxygen atoms in total. The van der Waals surface area contributed by atoms with Crippen LogP contribution in [0.25, 0.3) is 0 Å². The summed E-state index contributed by atoms with van der Waals surface area (Å²) in [5.74, 6) is -1.00. The summed E-state index contributed by atoms with van der Waals surface area (Å²) in [6.45, 7) is 7.34. The molecule has 4 rings (SSSR count). The molecule has 29 heavy (non-hydrogen) atoms. The van der Waals surface area contributed by atoms with Crippen LogP contribution in [0.3, 0.4) is 0 Å². The monoisotopic (exact) mass is 404 g/mol. The number of rotatable bonds is 3. The molecular formula is C24H33FO4. The van der Waals surface area contributed by atoms with E-state index in [1.807, 2.05) is 13.8 Å². The van der Waals surface area contributed by atoms with Crippen LogP contribution in [0, 0.1) is 34.5 Å². The highest BCUT2D eigenvalue weighted by Crippen LogP contribution is 2.67. The van der Waals surface area contributed by atoms with Crippen LogP contribution in [0.5, 0.6) is 0 Å². The van der Waals surface area contributed by atoms with Crippen LogP contribution >= 0.6 is 0 Å². The van der Waals surface area contributed by atoms with E-state index in [0.717, 1.165) is 0 Å². The van der Waals surface area contributed by atoms with E-state index in [9.17, 15) is 19.5 Å². The smallest absolute Gasteiger partial charge is 0.172 e. The van der Waals surface area contributed by atoms with E-state index in [0.29, 0.717) is 38.5 Å². The lowest BCUT2D eigenvalue weighted by Crippen LogP contribution is -2.58. The normalized spacial score (nSPS) is 49.0. The number of halogens is 1. The summed E-state index contributed by atoms with van der Waals surface area (Å²) in [5.41, 5.74) is -1.31. The van der Waals surface area contributed by atoms with Crippen LogP contribution in [-0.4, -0.2) is 34.2 Å². The third-order valence-corrected chi connectivity index (χ3v) is 9.24. The molecule has 3 unspecified atom stereocenters. The Morgan fingerprint density at radius 2 is 1.93 bits per heavy atom. The topological polar surface area (TPSA) is 71.4 Å². The second-order valence-electron chi connectivity index (χ2n) is 10.7. The zero-order chi connectivity index (χ0) is 21.4. The summed E-state index contributed by atoms with van der Waals surface area (Å²) in [6, 6.07) is 0. The molecule has 0 bridgehead atoms. The molecule has 1 N–H and O–H groups in total. The van der Waals surface area contributed by atoms with Gasteiger partial charge in [0.2, 0.25) is 0 Å². The molecule has 8 atom stereocenters. The summed E-state index contributed by atoms with van der Waals surface area (Å²) in [4.78, 5) is 36.6. The maximum absolute atomic E-state index is 15.4. The van der Waals surface area contributed by atoms with Gasteiger partial charge in [0, 0.05) is 24.2 Å². The van der Waals surface area contributed by atoms with Crippen molar-refractivity contribution < 1.29 is 23.9 Å². The summed E-state index contributed by atoms with van der Waals surface area (Å²) >= 11 is 0. The van der Waals surface area contributed by atoms with Crippen molar-refractivity contribution in [2.24, 2.45) is 34.5 Å². The molecule has 0 aromatic carbocycles. The first-order valence-corrected chi connectivity index (χ1v) is 11.1. The average molecular weight is 405 g/mol. The Labute approximate surface area is 172 Å². The van der Waals surface area contributed by atoms with Gasteiger partial charge in [-0.25, -0.2) is 4.39 Å². The molecule has 0 aliphatic heterocycles. The van der Waals surface area contributed by atoms with Gasteiger partial charge in [0.1, 0.15) is 23.3 Å². The average Bonchev–Trinajstić information content (AvgIpc) is 2.84. The van der Waals surface area contributed by atoms with Gasteiger partial charge in [-0.2, -0.15) is 0 Å². The second kappa shape index (κ2) is 6.57. The predicted octanol–water partition coefficient (Wildman–Crippen LogP) is 3.99. The Morgan fingerprint density at radius 3 is 2.59 bits per heavy atom. The van der Waals surface area contributed by atoms with Gasteiger partial charge in [0.25, 0.3) is 0 Å². The lowest BCUT2D eigenvalue weighted by Gasteiger charge is -2.57. The minimum Gasteiger partial charge on any atom is -0.381 e. The van der Waals surface area contributed by atoms with E-state index in [1.54, 1.807) is 0 Å². The Bertz CT molecular complexity index is 803. The molecule has 4 aliphatic rings. The summed E-state index contributed by atoms with van der Waals surface area (Å²) in [6.07, 6.45) is 3.95. The highest BCUT2D eigenvalue weighted by atomic mass is 19.1. The van der Waals surface area contributed by atoms with Gasteiger partial charge in [-0.15, -0.1) is 0 Å². The van der Waals surface area contributed by atoms with Gasteiger partial charge in [0.05, 0.1) is 6.42 Å². The first kappa shape index (κ1) is 20.9. The maximum atomic E-state index is 15.4. The molecule has 0 heterocycles. The van der Waals surface area contributed by atoms with Crippen molar-refractivity contribution in [3.05, 3.63) is 11.6 Å². The highest BCUT2D eigenvalue weighted by Gasteiger charge is 2.68. The maximum Gasteiger partial charge on any atom is 0.172 e. The number of fused-ring (bicyclic) bond motifs is 5. The minimum atomic E-state index is -1.56. The Balaban J connectivity index is 1.74. The van der Waals surface area contributed by atoms with Crippen molar-refractivity contribution >= 4 is 17.3 Å². The third-order valence-electron chi connectivity index (χ3n) is 9.24. The van der Waals surface area contributed by atoms with E-state index >= 15 is 4.39 Å². The molecule has 0 spiro atoms. The van der Waals surface area contributed by atoms with E-state index in [1.165, 1.54) is 12.5 Å². The summed E-state index contributed by atoms with van der Waals surface area (Å²) in [7, 11) is 0. The van der Waals surface area contributed by atoms with Crippen LogP contribution in [0.1, 0.15) is 72.6 Å². The third kappa shape index (κ3) is 2.68. The SMILES string of the molecule is CC(=O)CC(=O)[C@@]1(O)C(C)C[C@H]2[C@@H]3CC(F)C4CC(=O)CC[C@]4(C)C3=CC[C@@]21C. The molecule has 3 fully saturated rings. The van der Waals surface area contributed by atoms with Gasteiger partial charge in [0.15, 0.2) is 5.78 Å². The van der Waals surface area contributed by atoms with Gasteiger partial charge >= 0.3 is 0 Å². The van der Waals surface area contributed by atoms with Crippen LogP contribution in [0.2, 0.25) is 0 Å². The summed E-state index contributed by atoms with van der Waals surface area (Å²) in [5, 5.41) is 11.6. The number of hydrogen-bond donors (Lipinski definition) is 1. The lowest BCUT2D eigenvalue weighted by atomic mass is 9.48. The number of carbonyl (C=O) groups excluding carboxylic acids is 3. The second-order valence-corrected chi connectivity index (χ2v) is 10.7. The number of hydrogen-bond acceptors (Lipinski definition) is 4. The first-order valence-electron chi connectivity index (χ1n) is 11.1. The number of alkyl halides is 1. The van der Waals surface area contributed by atoms with Crippen molar-refractivity contribution in [1.82, 2.24) is 0 Å². The quantitative estimate of drug-likeness (QED) is 0.570. The fourth-order valence-electron chi connectivity index (χ4n) is 7.61. The molecule has 3 saturated carbocycles. The molecule has 160 valence electrons. The molecular weight excluding hydrogens is 371 g/mol. The number of carbonyl (C=O) groups is 3. The van der Waals surface area contributed by atoms with E-state index in [4.69, 9.17) is 0 Å². The molecule has 0 radical (unpaired) electrons. The van der Waals surface area contributed by atoms with E-state index in [-0.39, 0.29) is 52.9 Å². The molecule has 0 saturated heterocycles. The molecule has 4 aliphatic carbocycles. The minimum absolute atomic E-state index is 0.00654. The number of aliphatic hydroxyl groups is 1. The zero-order valence-electron chi connectivity index (χ0n) is 18.0. The van der Waals surface area contributed by atoms with Gasteiger partial charge < -0.3 is 5.11 Å². The fourth-order valence-corrected chi connectivity index (χ4v) is 7.61. The van der Waals surface area contributed by atoms with Crippen LogP contribution in [0.15, 0.2) is 11.6 Å². The molecule has 5 heteroatoms. The number of allylic oxidation sites excluding steroid dienone is 2. The van der Waals surface area contributed by atoms with Crippen molar-refractivity contribution in [2.75, 3.05) is 0 Å². The van der Waals surface area contributed by atoms with Crippen molar-refractivity contribution in [3.8, 4) is 0 Å². The molecule has 0 aromatic heterocycles. The zero-order valence-corrected chi connectivity index (χ0v) is 18.0. The highest BCUT2D eigenvalue weighted by molar-refractivity contribution is 6.03. The fraction of sp³-hybridized carbons (Fsp3) is 0.792. The van der Waals surface area contributed by atoms with Gasteiger partial charge in [-0.05, 0) is 55.8 Å². The van der Waals surface area contributed by atoms with Crippen molar-refractivity contribution in [2.45, 2.75) is 84.4 Å². The Morgan fingerprint density at radius 1 is 1.24 bits per heavy atom. The Kier molecular flexibility index (Phi) is 4.73. The van der Waals surface area contributed by atoms with E-state index < -0.39 is 17.2 Å². The predicted molar refractivity (Wildman–Crippen MR) is 107 cm³/mol. The first-order chi connectivity index (χ1) is 13.4. The Hall–Kier alpha value is -1.36. The molecule has 0 amide bonds. The van der Waals surface area contributed by atoms with E-state index in [2.05, 4.69) is 13.0 Å².